The van der Waals surface area contributed by atoms with Crippen LogP contribution in [0.15, 0.2) is 30.5 Å². The number of benzene rings is 1. The minimum absolute atomic E-state index is 0.0156. The Kier molecular flexibility index (Phi) is 4.02. The number of likely N-dealkylation sites (tertiary alicyclic amines) is 2. The van der Waals surface area contributed by atoms with Crippen molar-refractivity contribution in [2.45, 2.75) is 20.3 Å². The number of aromatic nitrogens is 1. The highest BCUT2D eigenvalue weighted by Crippen LogP contribution is 2.27. The molecule has 1 N–H and O–H groups in total. The molecule has 132 valence electrons. The van der Waals surface area contributed by atoms with E-state index in [4.69, 9.17) is 0 Å². The maximum absolute atomic E-state index is 12.7. The number of fused-ring (bicyclic) bond motifs is 1. The second-order valence-corrected chi connectivity index (χ2v) is 7.84. The molecule has 1 aromatic carbocycles. The summed E-state index contributed by atoms with van der Waals surface area (Å²) < 4.78 is 0. The van der Waals surface area contributed by atoms with Gasteiger partial charge in [-0.1, -0.05) is 32.0 Å². The van der Waals surface area contributed by atoms with Crippen LogP contribution in [-0.4, -0.2) is 52.8 Å². The van der Waals surface area contributed by atoms with Gasteiger partial charge in [-0.25, -0.2) is 0 Å². The lowest BCUT2D eigenvalue weighted by Gasteiger charge is -2.43. The van der Waals surface area contributed by atoms with Gasteiger partial charge in [0, 0.05) is 43.3 Å². The zero-order valence-corrected chi connectivity index (χ0v) is 14.9. The van der Waals surface area contributed by atoms with E-state index in [1.807, 2.05) is 29.2 Å². The molecule has 2 atom stereocenters. The van der Waals surface area contributed by atoms with Crippen molar-refractivity contribution in [3.63, 3.8) is 0 Å². The van der Waals surface area contributed by atoms with Gasteiger partial charge in [-0.05, 0) is 24.3 Å². The third-order valence-electron chi connectivity index (χ3n) is 5.52. The number of nitrogens with one attached hydrogen (secondary N) is 1. The summed E-state index contributed by atoms with van der Waals surface area (Å²) in [5.41, 5.74) is 1.66. The molecule has 2 aromatic rings. The normalized spacial score (nSPS) is 24.4. The predicted molar refractivity (Wildman–Crippen MR) is 97.2 cm³/mol. The largest absolute Gasteiger partial charge is 0.360 e. The van der Waals surface area contributed by atoms with E-state index >= 15 is 0 Å². The number of amides is 2. The SMILES string of the molecule is CC1CC(C)CN(C(=O)C2CN(C(=O)c3c[nH]c4ccccc34)C2)C1. The van der Waals surface area contributed by atoms with Gasteiger partial charge in [-0.15, -0.1) is 0 Å². The highest BCUT2D eigenvalue weighted by atomic mass is 16.2. The molecule has 4 rings (SSSR count). The Morgan fingerprint density at radius 1 is 1.00 bits per heavy atom. The average molecular weight is 339 g/mol. The number of piperidine rings is 1. The van der Waals surface area contributed by atoms with Gasteiger partial charge in [0.25, 0.3) is 5.91 Å². The van der Waals surface area contributed by atoms with Crippen LogP contribution >= 0.6 is 0 Å². The van der Waals surface area contributed by atoms with E-state index in [1.165, 1.54) is 6.42 Å². The Morgan fingerprint density at radius 2 is 1.68 bits per heavy atom. The molecule has 2 amide bonds. The molecule has 25 heavy (non-hydrogen) atoms. The van der Waals surface area contributed by atoms with E-state index in [0.717, 1.165) is 24.0 Å². The quantitative estimate of drug-likeness (QED) is 0.915. The molecule has 2 aliphatic rings. The minimum atomic E-state index is -0.0355. The van der Waals surface area contributed by atoms with Crippen molar-refractivity contribution in [2.24, 2.45) is 17.8 Å². The summed E-state index contributed by atoms with van der Waals surface area (Å²) >= 11 is 0. The molecule has 5 nitrogen and oxygen atoms in total. The summed E-state index contributed by atoms with van der Waals surface area (Å²) in [6.07, 6.45) is 2.97. The fourth-order valence-corrected chi connectivity index (χ4v) is 4.32. The average Bonchev–Trinajstić information content (AvgIpc) is 2.96. The van der Waals surface area contributed by atoms with E-state index in [2.05, 4.69) is 18.8 Å². The fourth-order valence-electron chi connectivity index (χ4n) is 4.32. The van der Waals surface area contributed by atoms with Crippen molar-refractivity contribution in [1.29, 1.82) is 0 Å². The molecule has 0 aliphatic carbocycles. The number of nitrogens with zero attached hydrogens (tertiary/aromatic N) is 2. The van der Waals surface area contributed by atoms with Gasteiger partial charge in [0.2, 0.25) is 5.91 Å². The van der Waals surface area contributed by atoms with Crippen LogP contribution in [0.2, 0.25) is 0 Å². The molecule has 0 spiro atoms. The molecule has 0 saturated carbocycles. The first-order chi connectivity index (χ1) is 12.0. The molecule has 2 unspecified atom stereocenters. The smallest absolute Gasteiger partial charge is 0.256 e. The van der Waals surface area contributed by atoms with Crippen LogP contribution in [0.5, 0.6) is 0 Å². The van der Waals surface area contributed by atoms with Crippen molar-refractivity contribution < 1.29 is 9.59 Å². The number of para-hydroxylation sites is 1. The Morgan fingerprint density at radius 3 is 2.40 bits per heavy atom. The van der Waals surface area contributed by atoms with E-state index in [9.17, 15) is 9.59 Å². The summed E-state index contributed by atoms with van der Waals surface area (Å²) in [6, 6.07) is 7.81. The van der Waals surface area contributed by atoms with Crippen LogP contribution in [0.4, 0.5) is 0 Å². The molecule has 0 radical (unpaired) electrons. The van der Waals surface area contributed by atoms with E-state index in [-0.39, 0.29) is 17.7 Å². The van der Waals surface area contributed by atoms with Gasteiger partial charge < -0.3 is 14.8 Å². The van der Waals surface area contributed by atoms with E-state index in [0.29, 0.717) is 30.5 Å². The molecular weight excluding hydrogens is 314 g/mol. The van der Waals surface area contributed by atoms with Crippen molar-refractivity contribution in [3.8, 4) is 0 Å². The van der Waals surface area contributed by atoms with Crippen LogP contribution in [0.1, 0.15) is 30.6 Å². The van der Waals surface area contributed by atoms with Crippen LogP contribution in [0, 0.1) is 17.8 Å². The van der Waals surface area contributed by atoms with Gasteiger partial charge >= 0.3 is 0 Å². The van der Waals surface area contributed by atoms with Crippen LogP contribution < -0.4 is 0 Å². The third kappa shape index (κ3) is 2.92. The Bertz CT molecular complexity index is 796. The van der Waals surface area contributed by atoms with Gasteiger partial charge in [0.1, 0.15) is 0 Å². The summed E-state index contributed by atoms with van der Waals surface area (Å²) in [7, 11) is 0. The molecule has 0 bridgehead atoms. The number of hydrogen-bond acceptors (Lipinski definition) is 2. The molecule has 1 aromatic heterocycles. The van der Waals surface area contributed by atoms with Crippen molar-refractivity contribution in [3.05, 3.63) is 36.0 Å². The topological polar surface area (TPSA) is 56.4 Å². The number of carbonyl (C=O) groups excluding carboxylic acids is 2. The fraction of sp³-hybridized carbons (Fsp3) is 0.500. The maximum Gasteiger partial charge on any atom is 0.256 e. The maximum atomic E-state index is 12.7. The number of rotatable bonds is 2. The highest BCUT2D eigenvalue weighted by Gasteiger charge is 2.40. The summed E-state index contributed by atoms with van der Waals surface area (Å²) in [6.45, 7) is 7.21. The Balaban J connectivity index is 1.40. The highest BCUT2D eigenvalue weighted by molar-refractivity contribution is 6.07. The Hall–Kier alpha value is -2.30. The van der Waals surface area contributed by atoms with Crippen molar-refractivity contribution in [2.75, 3.05) is 26.2 Å². The molecule has 2 saturated heterocycles. The first-order valence-electron chi connectivity index (χ1n) is 9.17. The first-order valence-corrected chi connectivity index (χ1v) is 9.17. The number of hydrogen-bond donors (Lipinski definition) is 1. The number of aromatic amines is 1. The molecule has 5 heteroatoms. The molecular formula is C20H25N3O2. The second kappa shape index (κ2) is 6.21. The van der Waals surface area contributed by atoms with Crippen LogP contribution in [-0.2, 0) is 4.79 Å². The summed E-state index contributed by atoms with van der Waals surface area (Å²) in [5, 5.41) is 0.945. The summed E-state index contributed by atoms with van der Waals surface area (Å²) in [5.74, 6) is 1.34. The summed E-state index contributed by atoms with van der Waals surface area (Å²) in [4.78, 5) is 32.4. The predicted octanol–water partition coefficient (Wildman–Crippen LogP) is 2.74. The lowest BCUT2D eigenvalue weighted by molar-refractivity contribution is -0.142. The molecule has 3 heterocycles. The van der Waals surface area contributed by atoms with E-state index < -0.39 is 0 Å². The molecule has 2 fully saturated rings. The Labute approximate surface area is 148 Å². The van der Waals surface area contributed by atoms with Crippen LogP contribution in [0.25, 0.3) is 10.9 Å². The monoisotopic (exact) mass is 339 g/mol. The van der Waals surface area contributed by atoms with Crippen molar-refractivity contribution >= 4 is 22.7 Å². The third-order valence-corrected chi connectivity index (χ3v) is 5.52. The second-order valence-electron chi connectivity index (χ2n) is 7.84. The lowest BCUT2D eigenvalue weighted by atomic mass is 9.89. The van der Waals surface area contributed by atoms with E-state index in [1.54, 1.807) is 11.1 Å². The zero-order chi connectivity index (χ0) is 17.6. The van der Waals surface area contributed by atoms with Gasteiger partial charge in [0.05, 0.1) is 11.5 Å². The van der Waals surface area contributed by atoms with Crippen molar-refractivity contribution in [1.82, 2.24) is 14.8 Å². The first kappa shape index (κ1) is 16.2. The van der Waals surface area contributed by atoms with Gasteiger partial charge in [0.15, 0.2) is 0 Å². The van der Waals surface area contributed by atoms with Crippen LogP contribution in [0.3, 0.4) is 0 Å². The zero-order valence-electron chi connectivity index (χ0n) is 14.9. The minimum Gasteiger partial charge on any atom is -0.360 e. The number of carbonyl (C=O) groups is 2. The molecule has 2 aliphatic heterocycles. The van der Waals surface area contributed by atoms with Gasteiger partial charge in [-0.2, -0.15) is 0 Å². The standard InChI is InChI=1S/C20H25N3O2/c1-13-7-14(2)10-22(9-13)19(24)15-11-23(12-15)20(25)17-8-21-18-6-4-3-5-16(17)18/h3-6,8,13-15,21H,7,9-12H2,1-2H3. The lowest BCUT2D eigenvalue weighted by Crippen LogP contribution is -2.58. The van der Waals surface area contributed by atoms with Gasteiger partial charge in [-0.3, -0.25) is 9.59 Å². The number of H-pyrrole nitrogens is 1.